The van der Waals surface area contributed by atoms with Gasteiger partial charge >= 0.3 is 5.97 Å². The van der Waals surface area contributed by atoms with E-state index in [9.17, 15) is 9.59 Å². The van der Waals surface area contributed by atoms with Gasteiger partial charge in [-0.2, -0.15) is 11.8 Å². The van der Waals surface area contributed by atoms with Gasteiger partial charge in [-0.3, -0.25) is 9.59 Å². The number of rotatable bonds is 8. The molecule has 0 aromatic heterocycles. The molecule has 0 aliphatic heterocycles. The maximum Gasteiger partial charge on any atom is 0.305 e. The van der Waals surface area contributed by atoms with E-state index in [1.807, 2.05) is 37.4 Å². The van der Waals surface area contributed by atoms with E-state index in [0.29, 0.717) is 12.1 Å². The quantitative estimate of drug-likeness (QED) is 0.801. The number of carbonyl (C=O) groups excluding carboxylic acids is 1. The molecule has 0 spiro atoms. The van der Waals surface area contributed by atoms with Gasteiger partial charge in [-0.15, -0.1) is 0 Å². The Morgan fingerprint density at radius 2 is 1.85 bits per heavy atom. The summed E-state index contributed by atoms with van der Waals surface area (Å²) in [6.45, 7) is 2.82. The molecular weight excluding hydrogens is 274 g/mol. The molecule has 0 unspecified atom stereocenters. The third-order valence-electron chi connectivity index (χ3n) is 2.89. The second-order valence-corrected chi connectivity index (χ2v) is 5.43. The highest BCUT2D eigenvalue weighted by molar-refractivity contribution is 7.97. The number of thioether (sulfide) groups is 1. The van der Waals surface area contributed by atoms with Gasteiger partial charge in [-0.1, -0.05) is 19.1 Å². The Morgan fingerprint density at radius 1 is 1.20 bits per heavy atom. The van der Waals surface area contributed by atoms with Gasteiger partial charge in [0.25, 0.3) is 5.91 Å². The lowest BCUT2D eigenvalue weighted by atomic mass is 10.1. The van der Waals surface area contributed by atoms with E-state index in [-0.39, 0.29) is 18.9 Å². The highest BCUT2D eigenvalue weighted by atomic mass is 32.2. The third kappa shape index (κ3) is 5.25. The van der Waals surface area contributed by atoms with Crippen LogP contribution in [-0.4, -0.2) is 41.2 Å². The van der Waals surface area contributed by atoms with Crippen molar-refractivity contribution < 1.29 is 14.7 Å². The molecule has 0 heterocycles. The van der Waals surface area contributed by atoms with E-state index in [1.54, 1.807) is 16.7 Å². The van der Waals surface area contributed by atoms with Crippen LogP contribution in [0.1, 0.15) is 35.7 Å². The molecule has 1 rings (SSSR count). The molecular formula is C15H21NO3S. The first-order valence-corrected chi connectivity index (χ1v) is 8.06. The van der Waals surface area contributed by atoms with Gasteiger partial charge in [0.05, 0.1) is 6.42 Å². The van der Waals surface area contributed by atoms with Crippen LogP contribution >= 0.6 is 11.8 Å². The highest BCUT2D eigenvalue weighted by Gasteiger charge is 2.15. The Kier molecular flexibility index (Phi) is 7.15. The maximum absolute atomic E-state index is 12.3. The van der Waals surface area contributed by atoms with Crippen molar-refractivity contribution in [2.45, 2.75) is 25.5 Å². The molecule has 4 nitrogen and oxygen atoms in total. The number of hydrogen-bond donors (Lipinski definition) is 1. The zero-order valence-electron chi connectivity index (χ0n) is 12.0. The van der Waals surface area contributed by atoms with Crippen molar-refractivity contribution in [3.05, 3.63) is 35.4 Å². The highest BCUT2D eigenvalue weighted by Crippen LogP contribution is 2.12. The van der Waals surface area contributed by atoms with Gasteiger partial charge in [0.15, 0.2) is 0 Å². The summed E-state index contributed by atoms with van der Waals surface area (Å²) < 4.78 is 0. The van der Waals surface area contributed by atoms with E-state index in [1.165, 1.54) is 5.56 Å². The summed E-state index contributed by atoms with van der Waals surface area (Å²) >= 11 is 1.73. The van der Waals surface area contributed by atoms with Gasteiger partial charge < -0.3 is 10.0 Å². The first-order chi connectivity index (χ1) is 9.58. The van der Waals surface area contributed by atoms with Crippen molar-refractivity contribution in [2.24, 2.45) is 0 Å². The molecule has 110 valence electrons. The average Bonchev–Trinajstić information content (AvgIpc) is 2.44. The van der Waals surface area contributed by atoms with Crippen molar-refractivity contribution in [1.82, 2.24) is 4.90 Å². The molecule has 5 heteroatoms. The van der Waals surface area contributed by atoms with Crippen molar-refractivity contribution in [3.8, 4) is 0 Å². The van der Waals surface area contributed by atoms with E-state index < -0.39 is 5.97 Å². The minimum atomic E-state index is -0.880. The zero-order chi connectivity index (χ0) is 15.0. The van der Waals surface area contributed by atoms with Crippen LogP contribution in [0.15, 0.2) is 24.3 Å². The van der Waals surface area contributed by atoms with E-state index in [4.69, 9.17) is 5.11 Å². The second-order valence-electron chi connectivity index (χ2n) is 4.57. The summed E-state index contributed by atoms with van der Waals surface area (Å²) in [5.41, 5.74) is 1.80. The predicted molar refractivity (Wildman–Crippen MR) is 82.1 cm³/mol. The lowest BCUT2D eigenvalue weighted by Gasteiger charge is -2.21. The van der Waals surface area contributed by atoms with Gasteiger partial charge in [-0.25, -0.2) is 0 Å². The third-order valence-corrected chi connectivity index (χ3v) is 3.51. The molecule has 0 fully saturated rings. The second kappa shape index (κ2) is 8.64. The van der Waals surface area contributed by atoms with Crippen LogP contribution in [0.5, 0.6) is 0 Å². The molecule has 0 aliphatic rings. The zero-order valence-corrected chi connectivity index (χ0v) is 12.8. The van der Waals surface area contributed by atoms with Gasteiger partial charge in [0, 0.05) is 24.4 Å². The van der Waals surface area contributed by atoms with Crippen LogP contribution in [0.2, 0.25) is 0 Å². The number of carbonyl (C=O) groups is 2. The van der Waals surface area contributed by atoms with Crippen molar-refractivity contribution in [1.29, 1.82) is 0 Å². The van der Waals surface area contributed by atoms with E-state index in [0.717, 1.165) is 12.2 Å². The minimum Gasteiger partial charge on any atom is -0.481 e. The molecule has 0 radical (unpaired) electrons. The van der Waals surface area contributed by atoms with Crippen LogP contribution in [-0.2, 0) is 10.5 Å². The molecule has 0 saturated carbocycles. The lowest BCUT2D eigenvalue weighted by Crippen LogP contribution is -2.33. The summed E-state index contributed by atoms with van der Waals surface area (Å²) in [4.78, 5) is 24.6. The number of hydrogen-bond acceptors (Lipinski definition) is 3. The number of carboxylic acids is 1. The molecule has 1 aromatic carbocycles. The van der Waals surface area contributed by atoms with Crippen molar-refractivity contribution >= 4 is 23.6 Å². The summed E-state index contributed by atoms with van der Waals surface area (Å²) in [6.07, 6.45) is 2.83. The van der Waals surface area contributed by atoms with Crippen LogP contribution in [0.25, 0.3) is 0 Å². The lowest BCUT2D eigenvalue weighted by molar-refractivity contribution is -0.137. The summed E-state index contributed by atoms with van der Waals surface area (Å²) in [6, 6.07) is 7.53. The van der Waals surface area contributed by atoms with Gasteiger partial charge in [0.1, 0.15) is 0 Å². The Balaban J connectivity index is 2.74. The smallest absolute Gasteiger partial charge is 0.305 e. The standard InChI is InChI=1S/C15H21NO3S/c1-3-9-16(10-8-14(17)18)15(19)13-6-4-12(5-7-13)11-20-2/h4-7H,3,8-11H2,1-2H3,(H,17,18). The molecule has 0 saturated heterocycles. The largest absolute Gasteiger partial charge is 0.481 e. The van der Waals surface area contributed by atoms with Crippen LogP contribution in [0.4, 0.5) is 0 Å². The van der Waals surface area contributed by atoms with Gasteiger partial charge in [-0.05, 0) is 30.4 Å². The number of amides is 1. The normalized spacial score (nSPS) is 10.3. The molecule has 20 heavy (non-hydrogen) atoms. The Hall–Kier alpha value is -1.49. The SMILES string of the molecule is CCCN(CCC(=O)O)C(=O)c1ccc(CSC)cc1. The molecule has 1 aromatic rings. The first kappa shape index (κ1) is 16.6. The fraction of sp³-hybridized carbons (Fsp3) is 0.467. The monoisotopic (exact) mass is 295 g/mol. The maximum atomic E-state index is 12.3. The van der Waals surface area contributed by atoms with Crippen molar-refractivity contribution in [2.75, 3.05) is 19.3 Å². The molecule has 1 N–H and O–H groups in total. The fourth-order valence-electron chi connectivity index (χ4n) is 1.91. The molecule has 0 atom stereocenters. The number of nitrogens with zero attached hydrogens (tertiary/aromatic N) is 1. The molecule has 1 amide bonds. The minimum absolute atomic E-state index is 0.0176. The van der Waals surface area contributed by atoms with Crippen LogP contribution in [0, 0.1) is 0 Å². The number of benzene rings is 1. The molecule has 0 bridgehead atoms. The van der Waals surface area contributed by atoms with Crippen LogP contribution < -0.4 is 0 Å². The topological polar surface area (TPSA) is 57.6 Å². The Bertz CT molecular complexity index is 445. The Labute approximate surface area is 124 Å². The van der Waals surface area contributed by atoms with E-state index >= 15 is 0 Å². The summed E-state index contributed by atoms with van der Waals surface area (Å²) in [5, 5.41) is 8.74. The first-order valence-electron chi connectivity index (χ1n) is 6.67. The van der Waals surface area contributed by atoms with Crippen LogP contribution in [0.3, 0.4) is 0 Å². The summed E-state index contributed by atoms with van der Waals surface area (Å²) in [5.74, 6) is -0.0513. The Morgan fingerprint density at radius 3 is 2.35 bits per heavy atom. The van der Waals surface area contributed by atoms with Crippen molar-refractivity contribution in [3.63, 3.8) is 0 Å². The summed E-state index contributed by atoms with van der Waals surface area (Å²) in [7, 11) is 0. The molecule has 0 aliphatic carbocycles. The number of carboxylic acid groups (broad SMARTS) is 1. The number of aliphatic carboxylic acids is 1. The van der Waals surface area contributed by atoms with E-state index in [2.05, 4.69) is 0 Å². The average molecular weight is 295 g/mol. The fourth-order valence-corrected chi connectivity index (χ4v) is 2.43. The van der Waals surface area contributed by atoms with Gasteiger partial charge in [0.2, 0.25) is 0 Å². The predicted octanol–water partition coefficient (Wildman–Crippen LogP) is 2.88.